The van der Waals surface area contributed by atoms with E-state index in [0.717, 1.165) is 30.1 Å². The number of allylic oxidation sites excluding steroid dienone is 3. The molecule has 0 radical (unpaired) electrons. The van der Waals surface area contributed by atoms with E-state index in [1.165, 1.54) is 56.9 Å². The van der Waals surface area contributed by atoms with Crippen molar-refractivity contribution in [2.24, 2.45) is 52.3 Å². The van der Waals surface area contributed by atoms with Crippen LogP contribution in [-0.4, -0.2) is 11.2 Å². The van der Waals surface area contributed by atoms with Crippen molar-refractivity contribution in [3.63, 3.8) is 0 Å². The van der Waals surface area contributed by atoms with E-state index in [9.17, 15) is 5.11 Å². The standard InChI is InChI=1S/C29H48O/c1-18(2)19(3)8-9-20(4)23-12-13-25-22-10-11-24-21(5)27(30)15-17-29(24,7)26(22)14-16-28(23,25)6/h10,18,20-21,23-27,30H,3,8-9,11-17H2,1-2,4-7H3/t20-,21+,23-,24?,25+,26+,27+,28-,29+/m1/s1. The quantitative estimate of drug-likeness (QED) is 0.457. The van der Waals surface area contributed by atoms with Crippen LogP contribution in [0.4, 0.5) is 0 Å². The van der Waals surface area contributed by atoms with Crippen molar-refractivity contribution in [1.29, 1.82) is 0 Å². The topological polar surface area (TPSA) is 20.2 Å². The number of fused-ring (bicyclic) bond motifs is 5. The van der Waals surface area contributed by atoms with Crippen LogP contribution in [0.2, 0.25) is 0 Å². The molecule has 0 amide bonds. The van der Waals surface area contributed by atoms with E-state index in [1.807, 2.05) is 5.57 Å². The van der Waals surface area contributed by atoms with Gasteiger partial charge in [0.05, 0.1) is 6.10 Å². The van der Waals surface area contributed by atoms with Gasteiger partial charge in [-0.1, -0.05) is 65.3 Å². The van der Waals surface area contributed by atoms with E-state index >= 15 is 0 Å². The van der Waals surface area contributed by atoms with Crippen LogP contribution < -0.4 is 0 Å². The van der Waals surface area contributed by atoms with Gasteiger partial charge in [-0.2, -0.15) is 0 Å². The highest BCUT2D eigenvalue weighted by Crippen LogP contribution is 2.67. The summed E-state index contributed by atoms with van der Waals surface area (Å²) in [4.78, 5) is 0. The molecular formula is C29H48O. The number of hydrogen-bond donors (Lipinski definition) is 1. The molecule has 4 aliphatic carbocycles. The molecule has 0 saturated heterocycles. The third-order valence-electron chi connectivity index (χ3n) is 11.1. The van der Waals surface area contributed by atoms with Crippen molar-refractivity contribution in [2.75, 3.05) is 0 Å². The Morgan fingerprint density at radius 1 is 1.07 bits per heavy atom. The van der Waals surface area contributed by atoms with Gasteiger partial charge in [0.15, 0.2) is 0 Å². The largest absolute Gasteiger partial charge is 0.393 e. The summed E-state index contributed by atoms with van der Waals surface area (Å²) in [6, 6.07) is 0. The highest BCUT2D eigenvalue weighted by Gasteiger charge is 2.59. The van der Waals surface area contributed by atoms with E-state index in [1.54, 1.807) is 0 Å². The maximum atomic E-state index is 10.5. The van der Waals surface area contributed by atoms with Gasteiger partial charge in [0.2, 0.25) is 0 Å². The molecule has 3 fully saturated rings. The molecular weight excluding hydrogens is 364 g/mol. The number of aliphatic hydroxyl groups excluding tert-OH is 1. The Labute approximate surface area is 186 Å². The van der Waals surface area contributed by atoms with Gasteiger partial charge in [-0.3, -0.25) is 0 Å². The predicted octanol–water partition coefficient (Wildman–Crippen LogP) is 7.80. The lowest BCUT2D eigenvalue weighted by atomic mass is 9.46. The summed E-state index contributed by atoms with van der Waals surface area (Å²) in [5.41, 5.74) is 4.22. The van der Waals surface area contributed by atoms with Gasteiger partial charge in [0.25, 0.3) is 0 Å². The minimum atomic E-state index is -0.0795. The molecule has 170 valence electrons. The Balaban J connectivity index is 1.52. The summed E-state index contributed by atoms with van der Waals surface area (Å²) in [7, 11) is 0. The monoisotopic (exact) mass is 412 g/mol. The second-order valence-electron chi connectivity index (χ2n) is 12.7. The average molecular weight is 413 g/mol. The third-order valence-corrected chi connectivity index (χ3v) is 11.1. The molecule has 0 aromatic rings. The second kappa shape index (κ2) is 8.09. The van der Waals surface area contributed by atoms with Crippen LogP contribution in [0.3, 0.4) is 0 Å². The van der Waals surface area contributed by atoms with Gasteiger partial charge in [-0.05, 0) is 110 Å². The summed E-state index contributed by atoms with van der Waals surface area (Å²) in [6.07, 6.45) is 14.2. The number of rotatable bonds is 5. The summed E-state index contributed by atoms with van der Waals surface area (Å²) in [5.74, 6) is 5.04. The zero-order chi connectivity index (χ0) is 21.8. The molecule has 1 nitrogen and oxygen atoms in total. The lowest BCUT2D eigenvalue weighted by molar-refractivity contribution is -0.0773. The first kappa shape index (κ1) is 22.6. The van der Waals surface area contributed by atoms with Gasteiger partial charge in [-0.15, -0.1) is 0 Å². The molecule has 1 N–H and O–H groups in total. The molecule has 9 atom stereocenters. The first-order valence-corrected chi connectivity index (χ1v) is 13.1. The lowest BCUT2D eigenvalue weighted by Gasteiger charge is -2.59. The van der Waals surface area contributed by atoms with Crippen LogP contribution in [-0.2, 0) is 0 Å². The number of aliphatic hydroxyl groups is 1. The van der Waals surface area contributed by atoms with Crippen molar-refractivity contribution >= 4 is 0 Å². The molecule has 0 heterocycles. The zero-order valence-electron chi connectivity index (χ0n) is 20.7. The molecule has 0 aliphatic heterocycles. The first-order valence-electron chi connectivity index (χ1n) is 13.1. The van der Waals surface area contributed by atoms with E-state index in [4.69, 9.17) is 0 Å². The zero-order valence-corrected chi connectivity index (χ0v) is 20.7. The molecule has 30 heavy (non-hydrogen) atoms. The average Bonchev–Trinajstić information content (AvgIpc) is 3.06. The smallest absolute Gasteiger partial charge is 0.0568 e. The highest BCUT2D eigenvalue weighted by atomic mass is 16.3. The van der Waals surface area contributed by atoms with E-state index in [-0.39, 0.29) is 6.10 Å². The summed E-state index contributed by atoms with van der Waals surface area (Å²) in [5, 5.41) is 10.5. The van der Waals surface area contributed by atoms with Crippen molar-refractivity contribution < 1.29 is 5.11 Å². The Kier molecular flexibility index (Phi) is 6.10. The van der Waals surface area contributed by atoms with Crippen LogP contribution in [0.15, 0.2) is 23.8 Å². The highest BCUT2D eigenvalue weighted by molar-refractivity contribution is 5.28. The van der Waals surface area contributed by atoms with Crippen LogP contribution >= 0.6 is 0 Å². The Bertz CT molecular complexity index is 688. The molecule has 4 aliphatic rings. The molecule has 3 saturated carbocycles. The van der Waals surface area contributed by atoms with Crippen molar-refractivity contribution in [3.05, 3.63) is 23.8 Å². The van der Waals surface area contributed by atoms with Gasteiger partial charge < -0.3 is 5.11 Å². The SMILES string of the molecule is C=C(CC[C@@H](C)[C@H]1CC[C@H]2C3=CCC4[C@H](C)[C@@H](O)CC[C@]4(C)[C@H]3CC[C@]12C)C(C)C. The summed E-state index contributed by atoms with van der Waals surface area (Å²) in [6.45, 7) is 19.0. The van der Waals surface area contributed by atoms with E-state index < -0.39 is 0 Å². The van der Waals surface area contributed by atoms with Crippen LogP contribution in [0.5, 0.6) is 0 Å². The maximum absolute atomic E-state index is 10.5. The van der Waals surface area contributed by atoms with Crippen LogP contribution in [0.1, 0.15) is 99.3 Å². The molecule has 0 spiro atoms. The Morgan fingerprint density at radius 3 is 2.43 bits per heavy atom. The van der Waals surface area contributed by atoms with Crippen molar-refractivity contribution in [1.82, 2.24) is 0 Å². The first-order chi connectivity index (χ1) is 14.1. The third kappa shape index (κ3) is 3.46. The molecule has 4 rings (SSSR count). The van der Waals surface area contributed by atoms with Crippen molar-refractivity contribution in [3.8, 4) is 0 Å². The van der Waals surface area contributed by atoms with Crippen LogP contribution in [0.25, 0.3) is 0 Å². The normalized spacial score (nSPS) is 46.6. The Morgan fingerprint density at radius 2 is 1.73 bits per heavy atom. The molecule has 0 aromatic carbocycles. The minimum Gasteiger partial charge on any atom is -0.393 e. The van der Waals surface area contributed by atoms with Gasteiger partial charge in [0, 0.05) is 0 Å². The minimum absolute atomic E-state index is 0.0795. The fourth-order valence-electron chi connectivity index (χ4n) is 8.82. The lowest BCUT2D eigenvalue weighted by Crippen LogP contribution is -2.52. The van der Waals surface area contributed by atoms with Gasteiger partial charge in [0.1, 0.15) is 0 Å². The summed E-state index contributed by atoms with van der Waals surface area (Å²) >= 11 is 0. The van der Waals surface area contributed by atoms with E-state index in [2.05, 4.69) is 54.2 Å². The molecule has 1 heteroatoms. The van der Waals surface area contributed by atoms with Gasteiger partial charge >= 0.3 is 0 Å². The molecule has 0 bridgehead atoms. The predicted molar refractivity (Wildman–Crippen MR) is 128 cm³/mol. The number of hydrogen-bond acceptors (Lipinski definition) is 1. The fourth-order valence-corrected chi connectivity index (χ4v) is 8.82. The summed E-state index contributed by atoms with van der Waals surface area (Å²) < 4.78 is 0. The molecule has 0 aromatic heterocycles. The van der Waals surface area contributed by atoms with Crippen molar-refractivity contribution in [2.45, 2.75) is 105 Å². The van der Waals surface area contributed by atoms with E-state index in [0.29, 0.717) is 28.6 Å². The fraction of sp³-hybridized carbons (Fsp3) is 0.862. The van der Waals surface area contributed by atoms with Crippen LogP contribution in [0, 0.1) is 52.3 Å². The maximum Gasteiger partial charge on any atom is 0.0568 e. The second-order valence-corrected chi connectivity index (χ2v) is 12.7. The van der Waals surface area contributed by atoms with Gasteiger partial charge in [-0.25, -0.2) is 0 Å². The Hall–Kier alpha value is -0.560. The molecule has 1 unspecified atom stereocenters.